The first kappa shape index (κ1) is 33.0. The molecule has 14 heteroatoms. The summed E-state index contributed by atoms with van der Waals surface area (Å²) in [6, 6.07) is 10.5. The van der Waals surface area contributed by atoms with Gasteiger partial charge in [-0.1, -0.05) is 0 Å². The first-order valence-electron chi connectivity index (χ1n) is 12.5. The number of carbonyl (C=O) groups excluding carboxylic acids is 1. The maximum atomic E-state index is 14.5. The van der Waals surface area contributed by atoms with Gasteiger partial charge in [-0.05, 0) is 85.8 Å². The highest BCUT2D eigenvalue weighted by Gasteiger charge is 2.56. The minimum absolute atomic E-state index is 0.0757. The SMILES string of the molecule is COc1cc(C(=O)NCC(O)(c2cc(C(C)(CF)NCl)cc(-c3ccc(F)cc3)n2)C(F)(F)F)ccc1OC[C@@H](C)O. The number of ether oxygens (including phenoxy) is 2. The quantitative estimate of drug-likeness (QED) is 0.171. The van der Waals surface area contributed by atoms with Crippen LogP contribution in [0.5, 0.6) is 11.5 Å². The van der Waals surface area contributed by atoms with Gasteiger partial charge in [-0.2, -0.15) is 13.2 Å². The molecule has 0 aliphatic heterocycles. The Morgan fingerprint density at radius 2 is 1.76 bits per heavy atom. The average molecular weight is 618 g/mol. The van der Waals surface area contributed by atoms with Crippen LogP contribution in [0.1, 0.15) is 35.5 Å². The van der Waals surface area contributed by atoms with E-state index >= 15 is 0 Å². The molecule has 0 aliphatic rings. The summed E-state index contributed by atoms with van der Waals surface area (Å²) in [5.74, 6) is -1.35. The normalized spacial score (nSPS) is 15.3. The lowest BCUT2D eigenvalue weighted by Gasteiger charge is -2.32. The topological polar surface area (TPSA) is 113 Å². The van der Waals surface area contributed by atoms with Gasteiger partial charge in [0.15, 0.2) is 11.5 Å². The number of methoxy groups -OCH3 is 1. The Morgan fingerprint density at radius 3 is 2.31 bits per heavy atom. The van der Waals surface area contributed by atoms with Crippen molar-refractivity contribution in [1.29, 1.82) is 0 Å². The molecular weight excluding hydrogens is 589 g/mol. The maximum absolute atomic E-state index is 14.5. The van der Waals surface area contributed by atoms with E-state index in [1.807, 2.05) is 0 Å². The van der Waals surface area contributed by atoms with E-state index in [4.69, 9.17) is 21.3 Å². The second-order valence-corrected chi connectivity index (χ2v) is 9.95. The van der Waals surface area contributed by atoms with E-state index in [9.17, 15) is 37.0 Å². The maximum Gasteiger partial charge on any atom is 0.424 e. The Morgan fingerprint density at radius 1 is 1.10 bits per heavy atom. The molecule has 3 rings (SSSR count). The van der Waals surface area contributed by atoms with Crippen molar-refractivity contribution < 1.29 is 46.4 Å². The molecule has 0 radical (unpaired) electrons. The molecule has 4 N–H and O–H groups in total. The van der Waals surface area contributed by atoms with Gasteiger partial charge in [-0.25, -0.2) is 18.6 Å². The highest BCUT2D eigenvalue weighted by atomic mass is 35.5. The van der Waals surface area contributed by atoms with Crippen LogP contribution >= 0.6 is 11.8 Å². The predicted octanol–water partition coefficient (Wildman–Crippen LogP) is 4.76. The molecule has 1 amide bonds. The largest absolute Gasteiger partial charge is 0.493 e. The number of aliphatic hydroxyl groups excluding tert-OH is 1. The number of amides is 1. The molecule has 0 aliphatic carbocycles. The monoisotopic (exact) mass is 617 g/mol. The zero-order valence-electron chi connectivity index (χ0n) is 22.7. The first-order chi connectivity index (χ1) is 19.7. The Kier molecular flexibility index (Phi) is 10.4. The van der Waals surface area contributed by atoms with Crippen molar-refractivity contribution in [1.82, 2.24) is 15.1 Å². The van der Waals surface area contributed by atoms with Crippen LogP contribution in [0.15, 0.2) is 54.6 Å². The van der Waals surface area contributed by atoms with E-state index in [-0.39, 0.29) is 40.5 Å². The van der Waals surface area contributed by atoms with Crippen molar-refractivity contribution in [2.45, 2.75) is 37.3 Å². The Bertz CT molecular complexity index is 1390. The van der Waals surface area contributed by atoms with Crippen LogP contribution in [0.25, 0.3) is 11.3 Å². The number of nitrogens with one attached hydrogen (secondary N) is 2. The molecule has 8 nitrogen and oxygen atoms in total. The lowest BCUT2D eigenvalue weighted by molar-refractivity contribution is -0.265. The second kappa shape index (κ2) is 13.2. The van der Waals surface area contributed by atoms with Crippen LogP contribution < -0.4 is 19.6 Å². The number of halogens is 6. The van der Waals surface area contributed by atoms with Gasteiger partial charge in [0.05, 0.1) is 36.7 Å². The number of benzene rings is 2. The summed E-state index contributed by atoms with van der Waals surface area (Å²) in [5.41, 5.74) is -6.59. The van der Waals surface area contributed by atoms with Crippen molar-refractivity contribution in [3.63, 3.8) is 0 Å². The number of nitrogens with zero attached hydrogens (tertiary/aromatic N) is 1. The molecule has 2 unspecified atom stereocenters. The summed E-state index contributed by atoms with van der Waals surface area (Å²) < 4.78 is 81.5. The van der Waals surface area contributed by atoms with Crippen LogP contribution in [0.2, 0.25) is 0 Å². The molecule has 1 heterocycles. The van der Waals surface area contributed by atoms with Crippen LogP contribution in [-0.2, 0) is 11.1 Å². The van der Waals surface area contributed by atoms with Crippen molar-refractivity contribution >= 4 is 17.7 Å². The molecular formula is C28H29ClF5N3O5. The van der Waals surface area contributed by atoms with Crippen molar-refractivity contribution in [2.75, 3.05) is 26.9 Å². The Balaban J connectivity index is 2.03. The van der Waals surface area contributed by atoms with E-state index in [2.05, 4.69) is 15.1 Å². The number of pyridine rings is 1. The van der Waals surface area contributed by atoms with E-state index in [0.717, 1.165) is 18.2 Å². The van der Waals surface area contributed by atoms with Gasteiger partial charge < -0.3 is 25.0 Å². The van der Waals surface area contributed by atoms with Gasteiger partial charge in [-0.15, -0.1) is 0 Å². The highest BCUT2D eigenvalue weighted by molar-refractivity contribution is 6.13. The van der Waals surface area contributed by atoms with Gasteiger partial charge in [0, 0.05) is 11.1 Å². The molecule has 0 saturated heterocycles. The third-order valence-corrected chi connectivity index (χ3v) is 6.80. The van der Waals surface area contributed by atoms with Gasteiger partial charge >= 0.3 is 6.18 Å². The van der Waals surface area contributed by atoms with Crippen LogP contribution in [0, 0.1) is 5.82 Å². The molecule has 42 heavy (non-hydrogen) atoms. The molecule has 0 spiro atoms. The average Bonchev–Trinajstić information content (AvgIpc) is 2.97. The minimum Gasteiger partial charge on any atom is -0.493 e. The number of hydrogen-bond donors (Lipinski definition) is 4. The molecule has 228 valence electrons. The summed E-state index contributed by atoms with van der Waals surface area (Å²) in [6.07, 6.45) is -6.17. The minimum atomic E-state index is -5.37. The van der Waals surface area contributed by atoms with Crippen LogP contribution in [-0.4, -0.2) is 60.3 Å². The number of alkyl halides is 4. The molecule has 2 aromatic carbocycles. The van der Waals surface area contributed by atoms with Gasteiger partial charge in [0.1, 0.15) is 19.1 Å². The number of hydrogen-bond acceptors (Lipinski definition) is 7. The summed E-state index contributed by atoms with van der Waals surface area (Å²) in [4.78, 5) is 19.1. The van der Waals surface area contributed by atoms with E-state index < -0.39 is 54.1 Å². The fraction of sp³-hybridized carbons (Fsp3) is 0.357. The van der Waals surface area contributed by atoms with Gasteiger partial charge in [-0.3, -0.25) is 4.79 Å². The van der Waals surface area contributed by atoms with E-state index in [0.29, 0.717) is 0 Å². The fourth-order valence-electron chi connectivity index (χ4n) is 3.77. The van der Waals surface area contributed by atoms with E-state index in [1.54, 1.807) is 0 Å². The zero-order chi connectivity index (χ0) is 31.3. The van der Waals surface area contributed by atoms with E-state index in [1.165, 1.54) is 57.4 Å². The fourth-order valence-corrected chi connectivity index (χ4v) is 3.93. The van der Waals surface area contributed by atoms with Crippen LogP contribution in [0.4, 0.5) is 22.0 Å². The Labute approximate surface area is 243 Å². The number of rotatable bonds is 12. The van der Waals surface area contributed by atoms with Crippen molar-refractivity contribution in [3.05, 3.63) is 77.2 Å². The van der Waals surface area contributed by atoms with Crippen molar-refractivity contribution in [2.24, 2.45) is 0 Å². The third-order valence-electron chi connectivity index (χ3n) is 6.38. The Hall–Kier alpha value is -3.52. The standard InChI is InChI=1S/C28H29ClF5N3O5/c1-16(38)13-42-22-9-6-18(10-23(22)41-3)25(39)35-15-27(40,28(32,33)34)24-12-19(26(2,14-30)37-29)11-21(36-24)17-4-7-20(31)8-5-17/h4-12,16,37-38,40H,13-15H2,1-3H3,(H,35,39)/t16-,26?,27?/m1/s1. The van der Waals surface area contributed by atoms with Crippen molar-refractivity contribution in [3.8, 4) is 22.8 Å². The first-order valence-corrected chi connectivity index (χ1v) is 12.8. The smallest absolute Gasteiger partial charge is 0.424 e. The summed E-state index contributed by atoms with van der Waals surface area (Å²) in [7, 11) is 1.28. The third kappa shape index (κ3) is 7.27. The molecule has 3 aromatic rings. The second-order valence-electron chi connectivity index (χ2n) is 9.76. The summed E-state index contributed by atoms with van der Waals surface area (Å²) >= 11 is 5.73. The number of aromatic nitrogens is 1. The molecule has 1 aromatic heterocycles. The lowest BCUT2D eigenvalue weighted by Crippen LogP contribution is -2.52. The molecule has 0 fully saturated rings. The van der Waals surface area contributed by atoms with Gasteiger partial charge in [0.2, 0.25) is 5.60 Å². The number of aliphatic hydroxyl groups is 2. The van der Waals surface area contributed by atoms with Gasteiger partial charge in [0.25, 0.3) is 5.91 Å². The molecule has 0 saturated carbocycles. The molecule has 3 atom stereocenters. The number of carbonyl (C=O) groups is 1. The summed E-state index contributed by atoms with van der Waals surface area (Å²) in [6.45, 7) is 0.172. The summed E-state index contributed by atoms with van der Waals surface area (Å²) in [5, 5.41) is 22.5. The molecule has 0 bridgehead atoms. The zero-order valence-corrected chi connectivity index (χ0v) is 23.5. The van der Waals surface area contributed by atoms with Crippen LogP contribution in [0.3, 0.4) is 0 Å². The lowest BCUT2D eigenvalue weighted by atomic mass is 9.89. The predicted molar refractivity (Wildman–Crippen MR) is 144 cm³/mol. The highest BCUT2D eigenvalue weighted by Crippen LogP contribution is 2.40.